The minimum absolute atomic E-state index is 0.0887. The Morgan fingerprint density at radius 3 is 2.53 bits per heavy atom. The van der Waals surface area contributed by atoms with Gasteiger partial charge in [-0.25, -0.2) is 4.39 Å². The minimum atomic E-state index is -0.629. The lowest BCUT2D eigenvalue weighted by molar-refractivity contribution is 0.100. The van der Waals surface area contributed by atoms with Crippen molar-refractivity contribution < 1.29 is 9.18 Å². The second-order valence-electron chi connectivity index (χ2n) is 5.16. The van der Waals surface area contributed by atoms with Crippen LogP contribution in [0, 0.1) is 5.82 Å². The van der Waals surface area contributed by atoms with Crippen molar-refractivity contribution in [1.82, 2.24) is 0 Å². The van der Waals surface area contributed by atoms with Gasteiger partial charge in [0.05, 0.1) is 11.3 Å². The summed E-state index contributed by atoms with van der Waals surface area (Å²) < 4.78 is 14.0. The topological polar surface area (TPSA) is 72.3 Å². The third-order valence-corrected chi connectivity index (χ3v) is 3.89. The Morgan fingerprint density at radius 2 is 1.95 bits per heavy atom. The van der Waals surface area contributed by atoms with E-state index in [4.69, 9.17) is 11.5 Å². The van der Waals surface area contributed by atoms with Crippen molar-refractivity contribution in [1.29, 1.82) is 0 Å². The van der Waals surface area contributed by atoms with Crippen LogP contribution in [0.5, 0.6) is 0 Å². The van der Waals surface area contributed by atoms with Crippen LogP contribution in [0.25, 0.3) is 0 Å². The van der Waals surface area contributed by atoms with Gasteiger partial charge in [-0.3, -0.25) is 4.79 Å². The van der Waals surface area contributed by atoms with Gasteiger partial charge in [-0.1, -0.05) is 19.3 Å². The van der Waals surface area contributed by atoms with E-state index < -0.39 is 11.7 Å². The molecule has 104 valence electrons. The number of primary amides is 1. The van der Waals surface area contributed by atoms with Gasteiger partial charge in [0.25, 0.3) is 5.91 Å². The number of nitrogens with two attached hydrogens (primary N) is 2. The zero-order valence-corrected chi connectivity index (χ0v) is 11.2. The van der Waals surface area contributed by atoms with Gasteiger partial charge in [0.2, 0.25) is 0 Å². The fraction of sp³-hybridized carbons (Fsp3) is 0.500. The van der Waals surface area contributed by atoms with Crippen LogP contribution in [0.15, 0.2) is 12.1 Å². The average Bonchev–Trinajstić information content (AvgIpc) is 2.38. The maximum Gasteiger partial charge on any atom is 0.250 e. The van der Waals surface area contributed by atoms with Crippen LogP contribution in [0.3, 0.4) is 0 Å². The second kappa shape index (κ2) is 5.47. The molecule has 1 aromatic rings. The van der Waals surface area contributed by atoms with Crippen LogP contribution in [-0.4, -0.2) is 19.0 Å². The van der Waals surface area contributed by atoms with E-state index in [1.54, 1.807) is 0 Å². The van der Waals surface area contributed by atoms with E-state index in [9.17, 15) is 9.18 Å². The summed E-state index contributed by atoms with van der Waals surface area (Å²) >= 11 is 0. The number of amides is 1. The Bertz CT molecular complexity index is 484. The quantitative estimate of drug-likeness (QED) is 0.823. The van der Waals surface area contributed by atoms with Gasteiger partial charge in [0.15, 0.2) is 0 Å². The molecule has 5 heteroatoms. The lowest BCUT2D eigenvalue weighted by Gasteiger charge is -2.33. The molecule has 1 amide bonds. The first-order valence-electron chi connectivity index (χ1n) is 6.62. The average molecular weight is 265 g/mol. The molecule has 0 heterocycles. The number of carbonyl (C=O) groups is 1. The molecule has 0 unspecified atom stereocenters. The minimum Gasteiger partial charge on any atom is -0.398 e. The van der Waals surface area contributed by atoms with Crippen LogP contribution in [0.2, 0.25) is 0 Å². The van der Waals surface area contributed by atoms with E-state index in [-0.39, 0.29) is 11.3 Å². The third kappa shape index (κ3) is 2.80. The van der Waals surface area contributed by atoms with Crippen molar-refractivity contribution in [3.05, 3.63) is 23.5 Å². The fourth-order valence-corrected chi connectivity index (χ4v) is 2.73. The molecule has 0 bridgehead atoms. The van der Waals surface area contributed by atoms with Crippen molar-refractivity contribution in [2.75, 3.05) is 17.7 Å². The highest BCUT2D eigenvalue weighted by Crippen LogP contribution is 2.30. The highest BCUT2D eigenvalue weighted by Gasteiger charge is 2.22. The van der Waals surface area contributed by atoms with Crippen molar-refractivity contribution in [2.45, 2.75) is 38.1 Å². The van der Waals surface area contributed by atoms with Gasteiger partial charge >= 0.3 is 0 Å². The van der Waals surface area contributed by atoms with Crippen LogP contribution in [0.4, 0.5) is 15.8 Å². The zero-order chi connectivity index (χ0) is 14.0. The number of halogens is 1. The summed E-state index contributed by atoms with van der Waals surface area (Å²) in [4.78, 5) is 13.2. The normalized spacial score (nSPS) is 16.3. The van der Waals surface area contributed by atoms with Gasteiger partial charge in [-0.05, 0) is 25.0 Å². The molecule has 1 aromatic carbocycles. The van der Waals surface area contributed by atoms with Gasteiger partial charge in [0.1, 0.15) is 5.82 Å². The monoisotopic (exact) mass is 265 g/mol. The zero-order valence-electron chi connectivity index (χ0n) is 11.2. The molecule has 19 heavy (non-hydrogen) atoms. The molecular formula is C14H20FN3O. The highest BCUT2D eigenvalue weighted by atomic mass is 19.1. The van der Waals surface area contributed by atoms with Crippen LogP contribution in [0.1, 0.15) is 42.5 Å². The van der Waals surface area contributed by atoms with Crippen molar-refractivity contribution in [3.8, 4) is 0 Å². The number of nitrogen functional groups attached to an aromatic ring is 1. The Labute approximate surface area is 112 Å². The smallest absolute Gasteiger partial charge is 0.250 e. The van der Waals surface area contributed by atoms with E-state index in [1.165, 1.54) is 18.6 Å². The number of carbonyl (C=O) groups excluding carboxylic acids is 1. The van der Waals surface area contributed by atoms with E-state index in [0.29, 0.717) is 11.7 Å². The van der Waals surface area contributed by atoms with E-state index >= 15 is 0 Å². The Hall–Kier alpha value is -1.78. The molecule has 1 aliphatic rings. The van der Waals surface area contributed by atoms with Gasteiger partial charge in [-0.2, -0.15) is 0 Å². The summed E-state index contributed by atoms with van der Waals surface area (Å²) in [5, 5.41) is 0. The molecule has 0 aromatic heterocycles. The van der Waals surface area contributed by atoms with E-state index in [2.05, 4.69) is 0 Å². The maximum atomic E-state index is 14.0. The first kappa shape index (κ1) is 13.6. The number of rotatable bonds is 3. The molecule has 0 atom stereocenters. The molecule has 1 aliphatic carbocycles. The first-order chi connectivity index (χ1) is 9.00. The fourth-order valence-electron chi connectivity index (χ4n) is 2.73. The largest absolute Gasteiger partial charge is 0.398 e. The van der Waals surface area contributed by atoms with Gasteiger partial charge in [-0.15, -0.1) is 0 Å². The first-order valence-corrected chi connectivity index (χ1v) is 6.62. The summed E-state index contributed by atoms with van der Waals surface area (Å²) in [6, 6.07) is 2.95. The van der Waals surface area contributed by atoms with E-state index in [1.807, 2.05) is 11.9 Å². The predicted octanol–water partition coefficient (Wildman–Crippen LogP) is 2.28. The molecule has 0 spiro atoms. The number of anilines is 2. The molecule has 0 saturated heterocycles. The molecule has 2 rings (SSSR count). The van der Waals surface area contributed by atoms with Gasteiger partial charge < -0.3 is 16.4 Å². The molecule has 0 radical (unpaired) electrons. The second-order valence-corrected chi connectivity index (χ2v) is 5.16. The van der Waals surface area contributed by atoms with Crippen molar-refractivity contribution >= 4 is 17.3 Å². The SMILES string of the molecule is CN(c1cc(C(N)=O)c(N)cc1F)C1CCCCC1. The lowest BCUT2D eigenvalue weighted by Crippen LogP contribution is -2.34. The number of nitrogens with zero attached hydrogens (tertiary/aromatic N) is 1. The Kier molecular flexibility index (Phi) is 3.93. The molecular weight excluding hydrogens is 245 g/mol. The lowest BCUT2D eigenvalue weighted by atomic mass is 9.94. The molecule has 4 N–H and O–H groups in total. The highest BCUT2D eigenvalue weighted by molar-refractivity contribution is 5.99. The summed E-state index contributed by atoms with van der Waals surface area (Å²) in [6.45, 7) is 0. The molecule has 1 fully saturated rings. The molecule has 1 saturated carbocycles. The van der Waals surface area contributed by atoms with Crippen LogP contribution in [-0.2, 0) is 0 Å². The van der Waals surface area contributed by atoms with E-state index in [0.717, 1.165) is 25.7 Å². The third-order valence-electron chi connectivity index (χ3n) is 3.89. The Balaban J connectivity index is 2.32. The van der Waals surface area contributed by atoms with Crippen molar-refractivity contribution in [2.24, 2.45) is 5.73 Å². The van der Waals surface area contributed by atoms with Crippen molar-refractivity contribution in [3.63, 3.8) is 0 Å². The van der Waals surface area contributed by atoms with Crippen LogP contribution < -0.4 is 16.4 Å². The Morgan fingerprint density at radius 1 is 1.32 bits per heavy atom. The summed E-state index contributed by atoms with van der Waals surface area (Å²) in [7, 11) is 1.86. The number of hydrogen-bond acceptors (Lipinski definition) is 3. The summed E-state index contributed by atoms with van der Waals surface area (Å²) in [6.07, 6.45) is 5.65. The summed E-state index contributed by atoms with van der Waals surface area (Å²) in [5.41, 5.74) is 11.5. The number of hydrogen-bond donors (Lipinski definition) is 2. The predicted molar refractivity (Wildman–Crippen MR) is 74.6 cm³/mol. The molecule has 0 aliphatic heterocycles. The van der Waals surface area contributed by atoms with Crippen LogP contribution >= 0.6 is 0 Å². The van der Waals surface area contributed by atoms with Gasteiger partial charge in [0, 0.05) is 18.8 Å². The number of benzene rings is 1. The molecule has 4 nitrogen and oxygen atoms in total. The maximum absolute atomic E-state index is 14.0. The standard InChI is InChI=1S/C14H20FN3O/c1-18(9-5-3-2-4-6-9)13-7-10(14(17)19)12(16)8-11(13)15/h7-9H,2-6,16H2,1H3,(H2,17,19). The summed E-state index contributed by atoms with van der Waals surface area (Å²) in [5.74, 6) is -1.04.